The fraction of sp³-hybridized carbons (Fsp3) is 0.259. The van der Waals surface area contributed by atoms with Crippen LogP contribution in [-0.4, -0.2) is 13.7 Å². The van der Waals surface area contributed by atoms with Crippen LogP contribution in [0, 0.1) is 0 Å². The zero-order valence-corrected chi connectivity index (χ0v) is 18.4. The zero-order valence-electron chi connectivity index (χ0n) is 18.4. The van der Waals surface area contributed by atoms with Gasteiger partial charge in [0.2, 0.25) is 0 Å². The van der Waals surface area contributed by atoms with E-state index in [9.17, 15) is 0 Å². The van der Waals surface area contributed by atoms with E-state index in [1.54, 1.807) is 7.11 Å². The van der Waals surface area contributed by atoms with Crippen LogP contribution in [0.1, 0.15) is 42.5 Å². The molecule has 0 saturated carbocycles. The van der Waals surface area contributed by atoms with Crippen LogP contribution in [-0.2, 0) is 11.8 Å². The lowest BCUT2D eigenvalue weighted by Crippen LogP contribution is -2.21. The Bertz CT molecular complexity index is 918. The highest BCUT2D eigenvalue weighted by Crippen LogP contribution is 2.36. The molecule has 4 N–H and O–H groups in total. The van der Waals surface area contributed by atoms with Gasteiger partial charge in [0.05, 0.1) is 7.11 Å². The predicted molar refractivity (Wildman–Crippen MR) is 130 cm³/mol. The highest BCUT2D eigenvalue weighted by molar-refractivity contribution is 5.54. The molecule has 158 valence electrons. The summed E-state index contributed by atoms with van der Waals surface area (Å²) in [6.45, 7) is 8.80. The third kappa shape index (κ3) is 6.50. The summed E-state index contributed by atoms with van der Waals surface area (Å²) in [4.78, 5) is 0. The van der Waals surface area contributed by atoms with E-state index in [0.29, 0.717) is 12.2 Å². The number of benzene rings is 2. The van der Waals surface area contributed by atoms with Gasteiger partial charge in [-0.05, 0) is 53.3 Å². The summed E-state index contributed by atoms with van der Waals surface area (Å²) in [6.07, 6.45) is 13.9. The van der Waals surface area contributed by atoms with Crippen molar-refractivity contribution in [2.24, 2.45) is 11.5 Å². The maximum absolute atomic E-state index is 5.62. The lowest BCUT2D eigenvalue weighted by atomic mass is 9.75. The molecule has 0 unspecified atom stereocenters. The minimum Gasteiger partial charge on any atom is -0.497 e. The predicted octanol–water partition coefficient (Wildman–Crippen LogP) is 5.51. The standard InChI is InChI=1S/C27H34N2O/c1-21(29)11-12-22-13-15-24(16-14-22)27(2,3)26-18-17-25(30-4)20-23(26)10-8-6-5-7-9-19-28/h5-7,9,11-18,20H,1,8,10,19,28-29H2,2-4H3/b6-5-,9-7-,12-11+. The Morgan fingerprint density at radius 1 is 1.07 bits per heavy atom. The van der Waals surface area contributed by atoms with Crippen LogP contribution < -0.4 is 16.2 Å². The molecule has 0 spiro atoms. The van der Waals surface area contributed by atoms with Gasteiger partial charge in [0, 0.05) is 17.7 Å². The third-order valence-corrected chi connectivity index (χ3v) is 5.21. The van der Waals surface area contributed by atoms with Gasteiger partial charge >= 0.3 is 0 Å². The first-order valence-corrected chi connectivity index (χ1v) is 10.3. The van der Waals surface area contributed by atoms with Crippen molar-refractivity contribution in [3.63, 3.8) is 0 Å². The Kier molecular flexibility index (Phi) is 8.70. The van der Waals surface area contributed by atoms with E-state index in [0.717, 1.165) is 24.2 Å². The van der Waals surface area contributed by atoms with Crippen molar-refractivity contribution in [1.82, 2.24) is 0 Å². The summed E-state index contributed by atoms with van der Waals surface area (Å²) < 4.78 is 5.48. The lowest BCUT2D eigenvalue weighted by molar-refractivity contribution is 0.413. The van der Waals surface area contributed by atoms with E-state index in [1.807, 2.05) is 30.4 Å². The first kappa shape index (κ1) is 23.2. The fourth-order valence-corrected chi connectivity index (χ4v) is 3.45. The van der Waals surface area contributed by atoms with Crippen molar-refractivity contribution in [1.29, 1.82) is 0 Å². The maximum atomic E-state index is 5.62. The molecule has 0 fully saturated rings. The Morgan fingerprint density at radius 2 is 1.77 bits per heavy atom. The van der Waals surface area contributed by atoms with Crippen LogP contribution in [0.3, 0.4) is 0 Å². The second-order valence-corrected chi connectivity index (χ2v) is 7.81. The second-order valence-electron chi connectivity index (χ2n) is 7.81. The van der Waals surface area contributed by atoms with E-state index in [1.165, 1.54) is 16.7 Å². The Balaban J connectivity index is 2.29. The molecule has 30 heavy (non-hydrogen) atoms. The Labute approximate surface area is 181 Å². The largest absolute Gasteiger partial charge is 0.497 e. The van der Waals surface area contributed by atoms with Crippen molar-refractivity contribution in [3.05, 3.63) is 107 Å². The molecular weight excluding hydrogens is 368 g/mol. The number of aryl methyl sites for hydroxylation is 1. The van der Waals surface area contributed by atoms with Gasteiger partial charge < -0.3 is 16.2 Å². The van der Waals surface area contributed by atoms with Crippen LogP contribution in [0.4, 0.5) is 0 Å². The second kappa shape index (κ2) is 11.2. The van der Waals surface area contributed by atoms with Gasteiger partial charge in [-0.1, -0.05) is 81.1 Å². The van der Waals surface area contributed by atoms with Gasteiger partial charge in [-0.2, -0.15) is 0 Å². The molecule has 0 radical (unpaired) electrons. The minimum atomic E-state index is -0.134. The minimum absolute atomic E-state index is 0.134. The first-order valence-electron chi connectivity index (χ1n) is 10.3. The monoisotopic (exact) mass is 402 g/mol. The summed E-state index contributed by atoms with van der Waals surface area (Å²) in [5.74, 6) is 0.888. The molecule has 0 aliphatic carbocycles. The molecule has 0 aliphatic rings. The number of allylic oxidation sites excluding steroid dienone is 4. The molecule has 3 nitrogen and oxygen atoms in total. The molecule has 2 aromatic carbocycles. The van der Waals surface area contributed by atoms with Crippen molar-refractivity contribution >= 4 is 6.08 Å². The quantitative estimate of drug-likeness (QED) is 0.515. The molecule has 0 bridgehead atoms. The highest BCUT2D eigenvalue weighted by Gasteiger charge is 2.25. The number of ether oxygens (including phenoxy) is 1. The number of methoxy groups -OCH3 is 1. The van der Waals surface area contributed by atoms with Gasteiger partial charge in [0.15, 0.2) is 0 Å². The van der Waals surface area contributed by atoms with Crippen LogP contribution >= 0.6 is 0 Å². The molecule has 2 rings (SSSR count). The van der Waals surface area contributed by atoms with Gasteiger partial charge in [-0.15, -0.1) is 0 Å². The van der Waals surface area contributed by atoms with Gasteiger partial charge in [-0.3, -0.25) is 0 Å². The lowest BCUT2D eigenvalue weighted by Gasteiger charge is -2.29. The van der Waals surface area contributed by atoms with E-state index >= 15 is 0 Å². The topological polar surface area (TPSA) is 61.3 Å². The number of hydrogen-bond acceptors (Lipinski definition) is 3. The number of hydrogen-bond donors (Lipinski definition) is 2. The molecule has 0 atom stereocenters. The molecular formula is C27H34N2O. The fourth-order valence-electron chi connectivity index (χ4n) is 3.45. The average Bonchev–Trinajstić information content (AvgIpc) is 2.74. The molecule has 0 aromatic heterocycles. The van der Waals surface area contributed by atoms with Gasteiger partial charge in [0.25, 0.3) is 0 Å². The number of nitrogens with two attached hydrogens (primary N) is 2. The van der Waals surface area contributed by atoms with Crippen molar-refractivity contribution in [2.45, 2.75) is 32.1 Å². The average molecular weight is 403 g/mol. The van der Waals surface area contributed by atoms with Crippen LogP contribution in [0.15, 0.2) is 85.1 Å². The third-order valence-electron chi connectivity index (χ3n) is 5.21. The van der Waals surface area contributed by atoms with E-state index < -0.39 is 0 Å². The SMILES string of the molecule is C=C(N)/C=C/c1ccc(C(C)(C)c2ccc(OC)cc2CC/C=C\C=C/CN)cc1. The van der Waals surface area contributed by atoms with Gasteiger partial charge in [-0.25, -0.2) is 0 Å². The Hall–Kier alpha value is -3.04. The van der Waals surface area contributed by atoms with Crippen molar-refractivity contribution in [3.8, 4) is 5.75 Å². The summed E-state index contributed by atoms with van der Waals surface area (Å²) in [5.41, 5.74) is 16.5. The van der Waals surface area contributed by atoms with Crippen molar-refractivity contribution < 1.29 is 4.74 Å². The van der Waals surface area contributed by atoms with E-state index in [-0.39, 0.29) is 5.41 Å². The first-order chi connectivity index (χ1) is 14.4. The summed E-state index contributed by atoms with van der Waals surface area (Å²) in [7, 11) is 1.71. The molecule has 0 saturated heterocycles. The zero-order chi connectivity index (χ0) is 22.0. The summed E-state index contributed by atoms with van der Waals surface area (Å²) >= 11 is 0. The summed E-state index contributed by atoms with van der Waals surface area (Å²) in [6, 6.07) is 15.0. The van der Waals surface area contributed by atoms with Crippen LogP contribution in [0.5, 0.6) is 5.75 Å². The maximum Gasteiger partial charge on any atom is 0.119 e. The normalized spacial score (nSPS) is 12.3. The van der Waals surface area contributed by atoms with E-state index in [2.05, 4.69) is 69.0 Å². The molecule has 3 heteroatoms. The number of rotatable bonds is 10. The smallest absolute Gasteiger partial charge is 0.119 e. The van der Waals surface area contributed by atoms with E-state index in [4.69, 9.17) is 16.2 Å². The van der Waals surface area contributed by atoms with Gasteiger partial charge in [0.1, 0.15) is 5.75 Å². The summed E-state index contributed by atoms with van der Waals surface area (Å²) in [5, 5.41) is 0. The molecule has 0 aliphatic heterocycles. The molecule has 2 aromatic rings. The van der Waals surface area contributed by atoms with Crippen molar-refractivity contribution in [2.75, 3.05) is 13.7 Å². The molecule has 0 amide bonds. The highest BCUT2D eigenvalue weighted by atomic mass is 16.5. The van der Waals surface area contributed by atoms with Crippen LogP contribution in [0.25, 0.3) is 6.08 Å². The van der Waals surface area contributed by atoms with Crippen LogP contribution in [0.2, 0.25) is 0 Å². The Morgan fingerprint density at radius 3 is 2.40 bits per heavy atom. The molecule has 0 heterocycles.